The van der Waals surface area contributed by atoms with Crippen LogP contribution in [0.25, 0.3) is 0 Å². The number of carbonyl (C=O) groups is 4. The van der Waals surface area contributed by atoms with Gasteiger partial charge in [0.15, 0.2) is 0 Å². The van der Waals surface area contributed by atoms with Gasteiger partial charge in [0.25, 0.3) is 0 Å². The van der Waals surface area contributed by atoms with E-state index in [0.29, 0.717) is 29.8 Å². The molecule has 1 aliphatic rings. The third-order valence-corrected chi connectivity index (χ3v) is 7.34. The largest absolute Gasteiger partial charge is 0.440 e. The Labute approximate surface area is 239 Å². The number of benzene rings is 2. The minimum absolute atomic E-state index is 0.0215. The zero-order valence-corrected chi connectivity index (χ0v) is 24.0. The van der Waals surface area contributed by atoms with E-state index in [4.69, 9.17) is 16.3 Å². The van der Waals surface area contributed by atoms with E-state index in [2.05, 4.69) is 16.0 Å². The molecule has 3 N–H and O–H groups in total. The van der Waals surface area contributed by atoms with Crippen molar-refractivity contribution < 1.29 is 28.3 Å². The van der Waals surface area contributed by atoms with Crippen LogP contribution in [-0.2, 0) is 24.5 Å². The molecule has 0 aromatic heterocycles. The second-order valence-corrected chi connectivity index (χ2v) is 11.6. The van der Waals surface area contributed by atoms with Crippen molar-refractivity contribution >= 4 is 35.8 Å². The van der Waals surface area contributed by atoms with Crippen LogP contribution in [0.5, 0.6) is 0 Å². The molecule has 0 saturated carbocycles. The average Bonchev–Trinajstić information content (AvgIpc) is 3.30. The zero-order valence-electron chi connectivity index (χ0n) is 23.2. The number of amides is 3. The summed E-state index contributed by atoms with van der Waals surface area (Å²) in [4.78, 5) is 50.1. The molecule has 1 fully saturated rings. The lowest BCUT2D eigenvalue weighted by atomic mass is 9.76. The number of alkyl carbamates (subject to hydrolysis) is 1. The molecule has 4 atom stereocenters. The lowest BCUT2D eigenvalue weighted by molar-refractivity contribution is -0.127. The third kappa shape index (κ3) is 8.27. The van der Waals surface area contributed by atoms with Crippen molar-refractivity contribution in [2.24, 2.45) is 11.8 Å². The van der Waals surface area contributed by atoms with Crippen LogP contribution in [0.3, 0.4) is 0 Å². The van der Waals surface area contributed by atoms with E-state index < -0.39 is 41.4 Å². The van der Waals surface area contributed by atoms with Gasteiger partial charge in [-0.25, -0.2) is 9.18 Å². The lowest BCUT2D eigenvalue weighted by Gasteiger charge is -2.35. The molecule has 1 heterocycles. The number of ether oxygens (including phenoxy) is 1. The van der Waals surface area contributed by atoms with Crippen molar-refractivity contribution in [2.45, 2.75) is 70.6 Å². The summed E-state index contributed by atoms with van der Waals surface area (Å²) in [5.74, 6) is -1.53. The second kappa shape index (κ2) is 13.7. The summed E-state index contributed by atoms with van der Waals surface area (Å²) in [5.41, 5.74) is 0.361. The summed E-state index contributed by atoms with van der Waals surface area (Å²) in [7, 11) is 0. The molecule has 216 valence electrons. The van der Waals surface area contributed by atoms with Crippen LogP contribution in [0, 0.1) is 17.7 Å². The zero-order chi connectivity index (χ0) is 29.4. The first-order valence-corrected chi connectivity index (χ1v) is 13.8. The van der Waals surface area contributed by atoms with E-state index in [1.165, 1.54) is 18.2 Å². The van der Waals surface area contributed by atoms with Crippen LogP contribution in [0.4, 0.5) is 9.18 Å². The highest BCUT2D eigenvalue weighted by Gasteiger charge is 2.37. The number of carbonyl (C=O) groups excluding carboxylic acids is 4. The number of aldehydes is 1. The molecule has 40 heavy (non-hydrogen) atoms. The third-order valence-electron chi connectivity index (χ3n) is 7.11. The monoisotopic (exact) mass is 573 g/mol. The molecule has 3 rings (SSSR count). The van der Waals surface area contributed by atoms with Gasteiger partial charge in [0.1, 0.15) is 24.2 Å². The quantitative estimate of drug-likeness (QED) is 0.314. The van der Waals surface area contributed by atoms with Crippen molar-refractivity contribution in [2.75, 3.05) is 6.54 Å². The maximum Gasteiger partial charge on any atom is 0.408 e. The number of hydrogen-bond acceptors (Lipinski definition) is 5. The molecule has 1 aliphatic heterocycles. The van der Waals surface area contributed by atoms with Crippen molar-refractivity contribution in [1.82, 2.24) is 16.0 Å². The summed E-state index contributed by atoms with van der Waals surface area (Å²) in [5, 5.41) is 8.52. The van der Waals surface area contributed by atoms with Crippen LogP contribution in [0.15, 0.2) is 48.5 Å². The topological polar surface area (TPSA) is 114 Å². The van der Waals surface area contributed by atoms with E-state index in [1.54, 1.807) is 24.3 Å². The predicted octanol–water partition coefficient (Wildman–Crippen LogP) is 4.85. The first-order valence-electron chi connectivity index (χ1n) is 13.4. The molecule has 0 aliphatic carbocycles. The molecule has 2 aromatic rings. The fraction of sp³-hybridized carbons (Fsp3) is 0.467. The van der Waals surface area contributed by atoms with Crippen molar-refractivity contribution in [3.8, 4) is 0 Å². The molecule has 10 heteroatoms. The van der Waals surface area contributed by atoms with Crippen LogP contribution in [0.2, 0.25) is 5.02 Å². The number of nitrogens with one attached hydrogen (secondary N) is 3. The first kappa shape index (κ1) is 31.1. The van der Waals surface area contributed by atoms with E-state index in [1.807, 2.05) is 33.8 Å². The molecule has 0 radical (unpaired) electrons. The fourth-order valence-electron chi connectivity index (χ4n) is 4.94. The van der Waals surface area contributed by atoms with Crippen molar-refractivity contribution in [3.63, 3.8) is 0 Å². The standard InChI is InChI=1S/C30H37ClFN3O5/c1-18(2)13-25(28(38)34-24(17-36)15-20-11-12-33-27(20)37)35-29(39)40-26(19-7-5-10-23(32)14-19)30(3,4)21-8-6-9-22(31)16-21/h5-10,14,16-18,20,24-26H,11-13,15H2,1-4H3,(H,33,37)(H,34,38)(H,35,39)/t20-,24-,25-,26-/m0/s1. The molecule has 1 saturated heterocycles. The maximum atomic E-state index is 14.2. The Balaban J connectivity index is 1.80. The Morgan fingerprint density at radius 3 is 2.50 bits per heavy atom. The van der Waals surface area contributed by atoms with Crippen LogP contribution in [-0.4, -0.2) is 42.8 Å². The maximum absolute atomic E-state index is 14.2. The molecule has 0 unspecified atom stereocenters. The highest BCUT2D eigenvalue weighted by molar-refractivity contribution is 6.30. The SMILES string of the molecule is CC(C)C[C@H](NC(=O)O[C@@H](c1cccc(F)c1)C(C)(C)c1cccc(Cl)c1)C(=O)N[C@H](C=O)C[C@@H]1CCNC1=O. The Kier molecular flexibility index (Phi) is 10.7. The highest BCUT2D eigenvalue weighted by Crippen LogP contribution is 2.40. The normalized spacial score (nSPS) is 17.5. The van der Waals surface area contributed by atoms with Gasteiger partial charge in [0.2, 0.25) is 11.8 Å². The minimum atomic E-state index is -1.00. The Morgan fingerprint density at radius 1 is 1.18 bits per heavy atom. The molecule has 8 nitrogen and oxygen atoms in total. The summed E-state index contributed by atoms with van der Waals surface area (Å²) >= 11 is 6.23. The Hall–Kier alpha value is -3.46. The van der Waals surface area contributed by atoms with Gasteiger partial charge in [-0.1, -0.05) is 63.6 Å². The molecule has 0 bridgehead atoms. The van der Waals surface area contributed by atoms with Gasteiger partial charge >= 0.3 is 6.09 Å². The fourth-order valence-corrected chi connectivity index (χ4v) is 5.13. The lowest BCUT2D eigenvalue weighted by Crippen LogP contribution is -2.51. The van der Waals surface area contributed by atoms with Crippen LogP contribution in [0.1, 0.15) is 64.2 Å². The van der Waals surface area contributed by atoms with Crippen LogP contribution >= 0.6 is 11.6 Å². The smallest absolute Gasteiger partial charge is 0.408 e. The summed E-state index contributed by atoms with van der Waals surface area (Å²) < 4.78 is 20.1. The van der Waals surface area contributed by atoms with Gasteiger partial charge in [0.05, 0.1) is 6.04 Å². The Bertz CT molecular complexity index is 1220. The van der Waals surface area contributed by atoms with Gasteiger partial charge < -0.3 is 25.5 Å². The summed E-state index contributed by atoms with van der Waals surface area (Å²) in [6, 6.07) is 11.0. The van der Waals surface area contributed by atoms with E-state index in [9.17, 15) is 23.6 Å². The molecular weight excluding hydrogens is 537 g/mol. The molecule has 0 spiro atoms. The van der Waals surface area contributed by atoms with E-state index in [-0.39, 0.29) is 30.6 Å². The Morgan fingerprint density at radius 2 is 1.90 bits per heavy atom. The second-order valence-electron chi connectivity index (χ2n) is 11.2. The van der Waals surface area contributed by atoms with E-state index >= 15 is 0 Å². The van der Waals surface area contributed by atoms with Crippen molar-refractivity contribution in [3.05, 3.63) is 70.5 Å². The predicted molar refractivity (Wildman–Crippen MR) is 150 cm³/mol. The van der Waals surface area contributed by atoms with Gasteiger partial charge in [-0.05, 0) is 60.6 Å². The first-order chi connectivity index (χ1) is 18.9. The highest BCUT2D eigenvalue weighted by atomic mass is 35.5. The number of rotatable bonds is 12. The molecule has 2 aromatic carbocycles. The number of halogens is 2. The van der Waals surface area contributed by atoms with Crippen LogP contribution < -0.4 is 16.0 Å². The van der Waals surface area contributed by atoms with Gasteiger partial charge in [-0.3, -0.25) is 9.59 Å². The number of hydrogen-bond donors (Lipinski definition) is 3. The average molecular weight is 574 g/mol. The molecule has 3 amide bonds. The van der Waals surface area contributed by atoms with Gasteiger partial charge in [-0.2, -0.15) is 0 Å². The summed E-state index contributed by atoms with van der Waals surface area (Å²) in [6.07, 6.45) is -0.172. The van der Waals surface area contributed by atoms with E-state index in [0.717, 1.165) is 5.56 Å². The molecular formula is C30H37ClFN3O5. The van der Waals surface area contributed by atoms with Crippen molar-refractivity contribution in [1.29, 1.82) is 0 Å². The minimum Gasteiger partial charge on any atom is -0.440 e. The van der Waals surface area contributed by atoms with Gasteiger partial charge in [0, 0.05) is 22.9 Å². The van der Waals surface area contributed by atoms with Gasteiger partial charge in [-0.15, -0.1) is 0 Å². The summed E-state index contributed by atoms with van der Waals surface area (Å²) in [6.45, 7) is 8.03.